The molecular formula is C17H25ClO. The summed E-state index contributed by atoms with van der Waals surface area (Å²) in [6.07, 6.45) is 3.26. The van der Waals surface area contributed by atoms with Crippen molar-refractivity contribution < 1.29 is 5.11 Å². The number of aliphatic hydroxyl groups excluding tert-OH is 1. The summed E-state index contributed by atoms with van der Waals surface area (Å²) in [6.45, 7) is 8.83. The minimum atomic E-state index is -0.414. The Morgan fingerprint density at radius 3 is 2.63 bits per heavy atom. The second-order valence-corrected chi connectivity index (χ2v) is 7.24. The van der Waals surface area contributed by atoms with Crippen LogP contribution in [0.1, 0.15) is 57.3 Å². The highest BCUT2D eigenvalue weighted by Crippen LogP contribution is 2.49. The van der Waals surface area contributed by atoms with Gasteiger partial charge in [0.15, 0.2) is 0 Å². The topological polar surface area (TPSA) is 20.2 Å². The third-order valence-corrected chi connectivity index (χ3v) is 5.28. The normalized spacial score (nSPS) is 28.1. The average molecular weight is 281 g/mol. The van der Waals surface area contributed by atoms with E-state index in [1.54, 1.807) is 0 Å². The van der Waals surface area contributed by atoms with E-state index < -0.39 is 6.10 Å². The number of benzene rings is 1. The lowest BCUT2D eigenvalue weighted by molar-refractivity contribution is -0.0292. The van der Waals surface area contributed by atoms with Crippen LogP contribution in [0.15, 0.2) is 18.2 Å². The molecule has 0 heterocycles. The first-order valence-electron chi connectivity index (χ1n) is 7.27. The molecule has 2 heteroatoms. The highest BCUT2D eigenvalue weighted by molar-refractivity contribution is 6.31. The van der Waals surface area contributed by atoms with E-state index in [9.17, 15) is 5.11 Å². The molecule has 0 aromatic heterocycles. The van der Waals surface area contributed by atoms with Gasteiger partial charge in [-0.1, -0.05) is 57.3 Å². The first-order chi connectivity index (χ1) is 8.83. The fourth-order valence-corrected chi connectivity index (χ4v) is 3.92. The molecule has 1 N–H and O–H groups in total. The van der Waals surface area contributed by atoms with Crippen LogP contribution < -0.4 is 0 Å². The van der Waals surface area contributed by atoms with Gasteiger partial charge in [0, 0.05) is 5.02 Å². The molecule has 0 bridgehead atoms. The van der Waals surface area contributed by atoms with Crippen molar-refractivity contribution in [1.82, 2.24) is 0 Å². The van der Waals surface area contributed by atoms with Gasteiger partial charge in [-0.05, 0) is 47.8 Å². The lowest BCUT2D eigenvalue weighted by Crippen LogP contribution is -2.37. The van der Waals surface area contributed by atoms with Crippen LogP contribution >= 0.6 is 11.6 Å². The maximum atomic E-state index is 10.8. The van der Waals surface area contributed by atoms with E-state index in [1.807, 2.05) is 25.1 Å². The van der Waals surface area contributed by atoms with Crippen molar-refractivity contribution in [3.05, 3.63) is 34.3 Å². The van der Waals surface area contributed by atoms with Gasteiger partial charge in [0.2, 0.25) is 0 Å². The summed E-state index contributed by atoms with van der Waals surface area (Å²) >= 11 is 6.19. The van der Waals surface area contributed by atoms with E-state index in [4.69, 9.17) is 11.6 Å². The standard InChI is InChI=1S/C17H25ClO/c1-11-7-8-13(10-14(11)18)16(19)15-12(2)6-5-9-17(15,3)4/h7-8,10,12,15-16,19H,5-6,9H2,1-4H3/t12-,15-,16?/m0/s1. The van der Waals surface area contributed by atoms with Gasteiger partial charge in [-0.2, -0.15) is 0 Å². The van der Waals surface area contributed by atoms with Gasteiger partial charge >= 0.3 is 0 Å². The summed E-state index contributed by atoms with van der Waals surface area (Å²) in [7, 11) is 0. The van der Waals surface area contributed by atoms with Crippen LogP contribution in [0.3, 0.4) is 0 Å². The zero-order chi connectivity index (χ0) is 14.2. The Morgan fingerprint density at radius 2 is 2.05 bits per heavy atom. The monoisotopic (exact) mass is 280 g/mol. The van der Waals surface area contributed by atoms with E-state index in [1.165, 1.54) is 19.3 Å². The predicted molar refractivity (Wildman–Crippen MR) is 81.4 cm³/mol. The molecule has 1 aromatic carbocycles. The second kappa shape index (κ2) is 5.46. The molecule has 1 saturated carbocycles. The van der Waals surface area contributed by atoms with Crippen molar-refractivity contribution in [2.75, 3.05) is 0 Å². The number of aryl methyl sites for hydroxylation is 1. The Morgan fingerprint density at radius 1 is 1.37 bits per heavy atom. The van der Waals surface area contributed by atoms with Crippen LogP contribution in [0.4, 0.5) is 0 Å². The number of aliphatic hydroxyl groups is 1. The van der Waals surface area contributed by atoms with Crippen LogP contribution in [0.5, 0.6) is 0 Å². The first-order valence-corrected chi connectivity index (χ1v) is 7.65. The Bertz CT molecular complexity index is 453. The largest absolute Gasteiger partial charge is 0.388 e. The molecule has 0 saturated heterocycles. The molecule has 1 nitrogen and oxygen atoms in total. The van der Waals surface area contributed by atoms with Crippen LogP contribution in [0.2, 0.25) is 5.02 Å². The minimum absolute atomic E-state index is 0.189. The molecule has 0 radical (unpaired) electrons. The van der Waals surface area contributed by atoms with Crippen LogP contribution in [-0.4, -0.2) is 5.11 Å². The molecule has 19 heavy (non-hydrogen) atoms. The zero-order valence-corrected chi connectivity index (χ0v) is 13.2. The highest BCUT2D eigenvalue weighted by atomic mass is 35.5. The molecule has 0 aliphatic heterocycles. The van der Waals surface area contributed by atoms with Gasteiger partial charge in [-0.25, -0.2) is 0 Å². The third kappa shape index (κ3) is 2.98. The van der Waals surface area contributed by atoms with E-state index in [-0.39, 0.29) is 5.41 Å². The molecule has 1 aliphatic carbocycles. The maximum Gasteiger partial charge on any atom is 0.0826 e. The van der Waals surface area contributed by atoms with Crippen LogP contribution in [-0.2, 0) is 0 Å². The van der Waals surface area contributed by atoms with Crippen molar-refractivity contribution in [3.63, 3.8) is 0 Å². The maximum absolute atomic E-state index is 10.8. The molecule has 0 amide bonds. The first kappa shape index (κ1) is 14.9. The lowest BCUT2D eigenvalue weighted by Gasteiger charge is -2.45. The molecule has 106 valence electrons. The average Bonchev–Trinajstić information content (AvgIpc) is 2.31. The number of hydrogen-bond acceptors (Lipinski definition) is 1. The fourth-order valence-electron chi connectivity index (χ4n) is 3.74. The minimum Gasteiger partial charge on any atom is -0.388 e. The molecule has 2 rings (SSSR count). The second-order valence-electron chi connectivity index (χ2n) is 6.84. The summed E-state index contributed by atoms with van der Waals surface area (Å²) in [4.78, 5) is 0. The van der Waals surface area contributed by atoms with E-state index in [0.29, 0.717) is 11.8 Å². The van der Waals surface area contributed by atoms with Gasteiger partial charge in [0.1, 0.15) is 0 Å². The molecule has 3 atom stereocenters. The Labute approximate surface area is 122 Å². The Kier molecular flexibility index (Phi) is 4.27. The van der Waals surface area contributed by atoms with Gasteiger partial charge in [-0.3, -0.25) is 0 Å². The molecule has 1 fully saturated rings. The number of hydrogen-bond donors (Lipinski definition) is 1. The molecule has 0 spiro atoms. The van der Waals surface area contributed by atoms with Gasteiger partial charge in [0.05, 0.1) is 6.10 Å². The van der Waals surface area contributed by atoms with Crippen LogP contribution in [0, 0.1) is 24.2 Å². The molecular weight excluding hydrogens is 256 g/mol. The quantitative estimate of drug-likeness (QED) is 0.795. The van der Waals surface area contributed by atoms with E-state index >= 15 is 0 Å². The highest BCUT2D eigenvalue weighted by Gasteiger charge is 2.41. The Hall–Kier alpha value is -0.530. The molecule has 1 unspecified atom stereocenters. The summed E-state index contributed by atoms with van der Waals surface area (Å²) in [5.41, 5.74) is 2.21. The summed E-state index contributed by atoms with van der Waals surface area (Å²) in [5, 5.41) is 11.6. The fraction of sp³-hybridized carbons (Fsp3) is 0.647. The summed E-state index contributed by atoms with van der Waals surface area (Å²) in [6, 6.07) is 5.95. The van der Waals surface area contributed by atoms with E-state index in [0.717, 1.165) is 16.1 Å². The zero-order valence-electron chi connectivity index (χ0n) is 12.4. The van der Waals surface area contributed by atoms with Crippen molar-refractivity contribution in [1.29, 1.82) is 0 Å². The third-order valence-electron chi connectivity index (χ3n) is 4.87. The number of halogens is 1. The SMILES string of the molecule is Cc1ccc(C(O)[C@@H]2[C@@H](C)CCCC2(C)C)cc1Cl. The predicted octanol–water partition coefficient (Wildman–Crippen LogP) is 5.14. The van der Waals surface area contributed by atoms with Crippen molar-refractivity contribution in [2.24, 2.45) is 17.3 Å². The lowest BCUT2D eigenvalue weighted by atomic mass is 9.61. The summed E-state index contributed by atoms with van der Waals surface area (Å²) < 4.78 is 0. The number of rotatable bonds is 2. The van der Waals surface area contributed by atoms with E-state index in [2.05, 4.69) is 20.8 Å². The van der Waals surface area contributed by atoms with Gasteiger partial charge < -0.3 is 5.11 Å². The molecule has 1 aromatic rings. The summed E-state index contributed by atoms with van der Waals surface area (Å²) in [5.74, 6) is 0.860. The Balaban J connectivity index is 2.30. The van der Waals surface area contributed by atoms with Crippen molar-refractivity contribution >= 4 is 11.6 Å². The smallest absolute Gasteiger partial charge is 0.0826 e. The molecule has 1 aliphatic rings. The van der Waals surface area contributed by atoms with Gasteiger partial charge in [0.25, 0.3) is 0 Å². The van der Waals surface area contributed by atoms with Crippen molar-refractivity contribution in [2.45, 2.75) is 53.1 Å². The van der Waals surface area contributed by atoms with Crippen molar-refractivity contribution in [3.8, 4) is 0 Å². The van der Waals surface area contributed by atoms with Gasteiger partial charge in [-0.15, -0.1) is 0 Å². The van der Waals surface area contributed by atoms with Crippen LogP contribution in [0.25, 0.3) is 0 Å².